The number of nitrogens with zero attached hydrogens (tertiary/aromatic N) is 6. The third-order valence-corrected chi connectivity index (χ3v) is 8.77. The van der Waals surface area contributed by atoms with Crippen molar-refractivity contribution in [2.24, 2.45) is 30.7 Å². The average Bonchev–Trinajstić information content (AvgIpc) is 3.13. The molecule has 18 heteroatoms. The lowest BCUT2D eigenvalue weighted by molar-refractivity contribution is 0.0651. The van der Waals surface area contributed by atoms with Crippen molar-refractivity contribution in [3.05, 3.63) is 119 Å². The van der Waals surface area contributed by atoms with E-state index in [0.717, 1.165) is 29.8 Å². The number of phenols is 2. The van der Waals surface area contributed by atoms with E-state index in [1.54, 1.807) is 30.3 Å². The fourth-order valence-electron chi connectivity index (χ4n) is 5.27. The van der Waals surface area contributed by atoms with E-state index in [0.29, 0.717) is 16.5 Å². The molecule has 17 nitrogen and oxygen atoms in total. The van der Waals surface area contributed by atoms with Crippen LogP contribution in [-0.2, 0) is 16.7 Å². The second-order valence-electron chi connectivity index (χ2n) is 11.4. The van der Waals surface area contributed by atoms with Gasteiger partial charge in [0.05, 0.1) is 40.3 Å². The topological polar surface area (TPSA) is 281 Å². The monoisotopic (exact) mass is 748 g/mol. The highest BCUT2D eigenvalue weighted by molar-refractivity contribution is 7.86. The number of carbonyl (C=O) groups is 3. The molecule has 0 aliphatic heterocycles. The van der Waals surface area contributed by atoms with Gasteiger partial charge in [0.2, 0.25) is 0 Å². The maximum absolute atomic E-state index is 12.3. The molecule has 0 aliphatic carbocycles. The molecule has 0 radical (unpaired) electrons. The van der Waals surface area contributed by atoms with E-state index < -0.39 is 55.5 Å². The van der Waals surface area contributed by atoms with Crippen molar-refractivity contribution in [1.29, 1.82) is 0 Å². The third kappa shape index (κ3) is 7.73. The molecule has 0 aromatic heterocycles. The SMILES string of the molecule is O=C(O)c1ccc(N=Nc2ccc3cc(CN=Nc4ccc5c(O)c(N=Nc6ccc(C(=O)O)c(C(=O)O)c6)c(S(=O)(=O)O)cc5c4)ccc3c2O)cc1. The Bertz CT molecular complexity index is 2730. The lowest BCUT2D eigenvalue weighted by Crippen LogP contribution is -2.07. The Kier molecular flexibility index (Phi) is 9.87. The minimum Gasteiger partial charge on any atom is -0.505 e. The van der Waals surface area contributed by atoms with Gasteiger partial charge < -0.3 is 25.5 Å². The first-order chi connectivity index (χ1) is 25.7. The Morgan fingerprint density at radius 1 is 0.556 bits per heavy atom. The fraction of sp³-hybridized carbons (Fsp3) is 0.0278. The summed E-state index contributed by atoms with van der Waals surface area (Å²) in [5, 5.41) is 74.8. The molecule has 0 heterocycles. The van der Waals surface area contributed by atoms with Crippen molar-refractivity contribution in [3.8, 4) is 11.5 Å². The molecule has 0 saturated carbocycles. The number of azo groups is 3. The number of benzene rings is 6. The molecule has 0 atom stereocenters. The maximum Gasteiger partial charge on any atom is 0.336 e. The zero-order valence-electron chi connectivity index (χ0n) is 27.3. The van der Waals surface area contributed by atoms with Crippen LogP contribution in [0, 0.1) is 0 Å². The molecule has 270 valence electrons. The Morgan fingerprint density at radius 3 is 1.87 bits per heavy atom. The van der Waals surface area contributed by atoms with Gasteiger partial charge in [0.15, 0.2) is 11.5 Å². The van der Waals surface area contributed by atoms with Gasteiger partial charge in [-0.25, -0.2) is 14.4 Å². The third-order valence-electron chi connectivity index (χ3n) is 7.90. The molecule has 54 heavy (non-hydrogen) atoms. The van der Waals surface area contributed by atoms with Crippen LogP contribution in [-0.4, -0.2) is 56.4 Å². The van der Waals surface area contributed by atoms with Gasteiger partial charge in [-0.3, -0.25) is 4.55 Å². The van der Waals surface area contributed by atoms with Crippen LogP contribution >= 0.6 is 0 Å². The van der Waals surface area contributed by atoms with Crippen molar-refractivity contribution in [2.75, 3.05) is 0 Å². The number of carboxylic acid groups (broad SMARTS) is 3. The Balaban J connectivity index is 1.22. The standard InChI is InChI=1S/C36H24N6O11S/c43-32-25-9-1-18(13-20(25)4-12-29(32)41-39-22-5-2-19(3-6-22)34(45)46)17-37-38-23-7-10-26-21(14-23)15-30(54(51,52)53)31(33(26)44)42-40-24-8-11-27(35(47)48)28(16-24)36(49)50/h1-16,43-44H,17H2,(H,45,46)(H,47,48)(H,49,50)(H,51,52,53). The summed E-state index contributed by atoms with van der Waals surface area (Å²) in [7, 11) is -4.99. The first kappa shape index (κ1) is 36.4. The van der Waals surface area contributed by atoms with Crippen molar-refractivity contribution in [1.82, 2.24) is 0 Å². The number of rotatable bonds is 11. The number of carboxylic acids is 3. The summed E-state index contributed by atoms with van der Waals surface area (Å²) < 4.78 is 34.6. The van der Waals surface area contributed by atoms with Crippen LogP contribution in [0.25, 0.3) is 21.5 Å². The van der Waals surface area contributed by atoms with Gasteiger partial charge >= 0.3 is 17.9 Å². The fourth-order valence-corrected chi connectivity index (χ4v) is 5.93. The lowest BCUT2D eigenvalue weighted by Gasteiger charge is -2.09. The summed E-state index contributed by atoms with van der Waals surface area (Å²) >= 11 is 0. The van der Waals surface area contributed by atoms with Gasteiger partial charge in [-0.2, -0.15) is 28.9 Å². The summed E-state index contributed by atoms with van der Waals surface area (Å²) in [6.07, 6.45) is 0. The van der Waals surface area contributed by atoms with Gasteiger partial charge in [-0.1, -0.05) is 18.2 Å². The van der Waals surface area contributed by atoms with Crippen LogP contribution in [0.5, 0.6) is 11.5 Å². The molecular formula is C36H24N6O11S. The van der Waals surface area contributed by atoms with Crippen molar-refractivity contribution < 1.29 is 52.9 Å². The van der Waals surface area contributed by atoms with Gasteiger partial charge in [-0.05, 0) is 95.2 Å². The van der Waals surface area contributed by atoms with Crippen LogP contribution in [0.4, 0.5) is 28.4 Å². The highest BCUT2D eigenvalue weighted by atomic mass is 32.2. The molecule has 6 N–H and O–H groups in total. The van der Waals surface area contributed by atoms with Gasteiger partial charge in [0, 0.05) is 10.8 Å². The number of aromatic carboxylic acids is 3. The summed E-state index contributed by atoms with van der Waals surface area (Å²) in [5.74, 6) is -4.90. The number of aromatic hydroxyl groups is 2. The zero-order valence-corrected chi connectivity index (χ0v) is 28.1. The minimum atomic E-state index is -4.99. The van der Waals surface area contributed by atoms with E-state index in [4.69, 9.17) is 5.11 Å². The Hall–Kier alpha value is -7.44. The largest absolute Gasteiger partial charge is 0.505 e. The Labute approximate surface area is 303 Å². The van der Waals surface area contributed by atoms with Gasteiger partial charge in [0.25, 0.3) is 10.1 Å². The predicted octanol–water partition coefficient (Wildman–Crippen LogP) is 8.86. The maximum atomic E-state index is 12.3. The lowest BCUT2D eigenvalue weighted by atomic mass is 10.1. The highest BCUT2D eigenvalue weighted by Gasteiger charge is 2.23. The van der Waals surface area contributed by atoms with E-state index in [-0.39, 0.29) is 45.7 Å². The summed E-state index contributed by atoms with van der Waals surface area (Å²) in [5.41, 5.74) is -0.234. The summed E-state index contributed by atoms with van der Waals surface area (Å²) in [6.45, 7) is 0.112. The van der Waals surface area contributed by atoms with Crippen LogP contribution in [0.2, 0.25) is 0 Å². The second-order valence-corrected chi connectivity index (χ2v) is 12.8. The first-order valence-corrected chi connectivity index (χ1v) is 16.8. The van der Waals surface area contributed by atoms with Crippen molar-refractivity contribution in [3.63, 3.8) is 0 Å². The molecule has 0 unspecified atom stereocenters. The molecule has 0 amide bonds. The van der Waals surface area contributed by atoms with Crippen molar-refractivity contribution in [2.45, 2.75) is 11.4 Å². The molecule has 0 bridgehead atoms. The van der Waals surface area contributed by atoms with E-state index in [1.165, 1.54) is 42.5 Å². The van der Waals surface area contributed by atoms with E-state index >= 15 is 0 Å². The minimum absolute atomic E-state index is 0.104. The molecule has 0 spiro atoms. The van der Waals surface area contributed by atoms with Crippen molar-refractivity contribution >= 4 is 78.0 Å². The number of fused-ring (bicyclic) bond motifs is 2. The van der Waals surface area contributed by atoms with Crippen LogP contribution in [0.1, 0.15) is 36.6 Å². The molecule has 0 aliphatic rings. The van der Waals surface area contributed by atoms with E-state index in [2.05, 4.69) is 30.7 Å². The molecule has 6 aromatic rings. The first-order valence-electron chi connectivity index (χ1n) is 15.4. The van der Waals surface area contributed by atoms with Crippen LogP contribution < -0.4 is 0 Å². The molecule has 6 rings (SSSR count). The quantitative estimate of drug-likeness (QED) is 0.0537. The molecular weight excluding hydrogens is 724 g/mol. The number of phenolic OH excluding ortho intramolecular Hbond substituents is 2. The van der Waals surface area contributed by atoms with Crippen LogP contribution in [0.15, 0.2) is 133 Å². The van der Waals surface area contributed by atoms with E-state index in [9.17, 15) is 47.8 Å². The van der Waals surface area contributed by atoms with Gasteiger partial charge in [0.1, 0.15) is 16.3 Å². The molecule has 6 aromatic carbocycles. The number of hydrogen-bond donors (Lipinski definition) is 6. The predicted molar refractivity (Wildman–Crippen MR) is 191 cm³/mol. The van der Waals surface area contributed by atoms with E-state index in [1.807, 2.05) is 0 Å². The van der Waals surface area contributed by atoms with Gasteiger partial charge in [-0.15, -0.1) is 10.2 Å². The zero-order chi connectivity index (χ0) is 38.7. The molecule has 0 saturated heterocycles. The normalized spacial score (nSPS) is 12.0. The average molecular weight is 749 g/mol. The summed E-state index contributed by atoms with van der Waals surface area (Å²) in [6, 6.07) is 22.6. The highest BCUT2D eigenvalue weighted by Crippen LogP contribution is 2.42. The second kappa shape index (κ2) is 14.7. The smallest absolute Gasteiger partial charge is 0.336 e. The number of hydrogen-bond acceptors (Lipinski definition) is 13. The Morgan fingerprint density at radius 2 is 1.19 bits per heavy atom. The molecule has 0 fully saturated rings. The summed E-state index contributed by atoms with van der Waals surface area (Å²) in [4.78, 5) is 33.1. The van der Waals surface area contributed by atoms with Crippen LogP contribution in [0.3, 0.4) is 0 Å².